The summed E-state index contributed by atoms with van der Waals surface area (Å²) in [5.41, 5.74) is 4.02. The Bertz CT molecular complexity index is 786. The van der Waals surface area contributed by atoms with E-state index in [1.807, 2.05) is 72.8 Å². The van der Waals surface area contributed by atoms with Crippen molar-refractivity contribution in [2.75, 3.05) is 0 Å². The molecule has 0 aliphatic rings. The van der Waals surface area contributed by atoms with Crippen LogP contribution < -0.4 is 0 Å². The Morgan fingerprint density at radius 3 is 2.00 bits per heavy atom. The fourth-order valence-electron chi connectivity index (χ4n) is 2.39. The Labute approximate surface area is 130 Å². The number of hydrogen-bond donors (Lipinski definition) is 0. The minimum Gasteiger partial charge on any atom is -0.289 e. The molecular formula is C21H16O. The van der Waals surface area contributed by atoms with Crippen molar-refractivity contribution in [3.05, 3.63) is 102 Å². The van der Waals surface area contributed by atoms with E-state index >= 15 is 0 Å². The molecule has 0 amide bonds. The van der Waals surface area contributed by atoms with Crippen LogP contribution in [0.25, 0.3) is 17.2 Å². The van der Waals surface area contributed by atoms with Gasteiger partial charge in [-0.15, -0.1) is 0 Å². The molecule has 106 valence electrons. The number of hydrogen-bond acceptors (Lipinski definition) is 1. The summed E-state index contributed by atoms with van der Waals surface area (Å²) in [5.74, 6) is 0.0171. The van der Waals surface area contributed by atoms with Crippen molar-refractivity contribution in [1.82, 2.24) is 0 Å². The minimum absolute atomic E-state index is 0.0171. The van der Waals surface area contributed by atoms with Gasteiger partial charge in [0.1, 0.15) is 0 Å². The van der Waals surface area contributed by atoms with Gasteiger partial charge in [0.2, 0.25) is 0 Å². The highest BCUT2D eigenvalue weighted by molar-refractivity contribution is 6.07. The summed E-state index contributed by atoms with van der Waals surface area (Å²) in [6.07, 6.45) is 3.52. The van der Waals surface area contributed by atoms with Crippen LogP contribution in [-0.2, 0) is 0 Å². The third-order valence-electron chi connectivity index (χ3n) is 3.52. The minimum atomic E-state index is 0.0171. The van der Waals surface area contributed by atoms with Gasteiger partial charge >= 0.3 is 0 Å². The lowest BCUT2D eigenvalue weighted by Crippen LogP contribution is -1.93. The largest absolute Gasteiger partial charge is 0.289 e. The Morgan fingerprint density at radius 2 is 1.27 bits per heavy atom. The van der Waals surface area contributed by atoms with E-state index in [-0.39, 0.29) is 5.78 Å². The third-order valence-corrected chi connectivity index (χ3v) is 3.52. The Kier molecular flexibility index (Phi) is 4.26. The van der Waals surface area contributed by atoms with Crippen LogP contribution in [0.4, 0.5) is 0 Å². The monoisotopic (exact) mass is 284 g/mol. The first kappa shape index (κ1) is 14.0. The Balaban J connectivity index is 1.90. The topological polar surface area (TPSA) is 17.1 Å². The fourth-order valence-corrected chi connectivity index (χ4v) is 2.39. The molecular weight excluding hydrogens is 268 g/mol. The van der Waals surface area contributed by atoms with Crippen molar-refractivity contribution in [2.45, 2.75) is 0 Å². The summed E-state index contributed by atoms with van der Waals surface area (Å²) in [6, 6.07) is 27.6. The molecule has 0 fully saturated rings. The highest BCUT2D eigenvalue weighted by Gasteiger charge is 2.03. The van der Waals surface area contributed by atoms with Gasteiger partial charge in [-0.25, -0.2) is 0 Å². The van der Waals surface area contributed by atoms with Crippen LogP contribution in [-0.4, -0.2) is 5.78 Å². The number of carbonyl (C=O) groups is 1. The summed E-state index contributed by atoms with van der Waals surface area (Å²) in [6.45, 7) is 0. The zero-order valence-corrected chi connectivity index (χ0v) is 12.1. The van der Waals surface area contributed by atoms with E-state index in [9.17, 15) is 4.79 Å². The second kappa shape index (κ2) is 6.68. The second-order valence-corrected chi connectivity index (χ2v) is 5.02. The van der Waals surface area contributed by atoms with Crippen LogP contribution in [0.1, 0.15) is 15.9 Å². The number of benzene rings is 3. The maximum absolute atomic E-state index is 12.2. The molecule has 1 nitrogen and oxygen atoms in total. The van der Waals surface area contributed by atoms with Crippen molar-refractivity contribution in [3.63, 3.8) is 0 Å². The first-order valence-electron chi connectivity index (χ1n) is 7.26. The van der Waals surface area contributed by atoms with E-state index in [0.29, 0.717) is 5.56 Å². The van der Waals surface area contributed by atoms with Gasteiger partial charge in [-0.1, -0.05) is 91.0 Å². The van der Waals surface area contributed by atoms with Crippen molar-refractivity contribution in [1.29, 1.82) is 0 Å². The Morgan fingerprint density at radius 1 is 0.682 bits per heavy atom. The van der Waals surface area contributed by atoms with Gasteiger partial charge in [0, 0.05) is 5.56 Å². The lowest BCUT2D eigenvalue weighted by atomic mass is 9.99. The van der Waals surface area contributed by atoms with E-state index in [4.69, 9.17) is 0 Å². The average Bonchev–Trinajstić information content (AvgIpc) is 2.61. The summed E-state index contributed by atoms with van der Waals surface area (Å²) >= 11 is 0. The Hall–Kier alpha value is -2.93. The molecule has 0 unspecified atom stereocenters. The number of allylic oxidation sites excluding steroid dienone is 1. The van der Waals surface area contributed by atoms with E-state index < -0.39 is 0 Å². The highest BCUT2D eigenvalue weighted by atomic mass is 16.1. The molecule has 0 spiro atoms. The van der Waals surface area contributed by atoms with Crippen molar-refractivity contribution < 1.29 is 4.79 Å². The zero-order chi connectivity index (χ0) is 15.2. The molecule has 0 radical (unpaired) electrons. The van der Waals surface area contributed by atoms with Gasteiger partial charge in [0.15, 0.2) is 5.78 Å². The molecule has 3 aromatic rings. The van der Waals surface area contributed by atoms with E-state index in [1.165, 1.54) is 0 Å². The van der Waals surface area contributed by atoms with Crippen LogP contribution in [0, 0.1) is 0 Å². The van der Waals surface area contributed by atoms with Gasteiger partial charge in [-0.3, -0.25) is 4.79 Å². The standard InChI is InChI=1S/C21H16O/c22-21(19-12-5-2-6-13-19)16-15-18-11-7-8-14-20(18)17-9-3-1-4-10-17/h1-16H/b16-15+. The summed E-state index contributed by atoms with van der Waals surface area (Å²) < 4.78 is 0. The quantitative estimate of drug-likeness (QED) is 0.472. The number of rotatable bonds is 4. The lowest BCUT2D eigenvalue weighted by Gasteiger charge is -2.05. The number of ketones is 1. The van der Waals surface area contributed by atoms with Gasteiger partial charge in [0.25, 0.3) is 0 Å². The third kappa shape index (κ3) is 3.21. The molecule has 0 saturated heterocycles. The molecule has 0 bridgehead atoms. The fraction of sp³-hybridized carbons (Fsp3) is 0. The van der Waals surface area contributed by atoms with E-state index in [0.717, 1.165) is 16.7 Å². The van der Waals surface area contributed by atoms with Gasteiger partial charge in [0.05, 0.1) is 0 Å². The lowest BCUT2D eigenvalue weighted by molar-refractivity contribution is 0.104. The van der Waals surface area contributed by atoms with Crippen LogP contribution in [0.3, 0.4) is 0 Å². The number of carbonyl (C=O) groups excluding carboxylic acids is 1. The SMILES string of the molecule is O=C(/C=C/c1ccccc1-c1ccccc1)c1ccccc1. The summed E-state index contributed by atoms with van der Waals surface area (Å²) in [5, 5.41) is 0. The average molecular weight is 284 g/mol. The molecule has 22 heavy (non-hydrogen) atoms. The summed E-state index contributed by atoms with van der Waals surface area (Å²) in [4.78, 5) is 12.2. The molecule has 0 atom stereocenters. The highest BCUT2D eigenvalue weighted by Crippen LogP contribution is 2.24. The summed E-state index contributed by atoms with van der Waals surface area (Å²) in [7, 11) is 0. The molecule has 0 aliphatic carbocycles. The first-order valence-corrected chi connectivity index (χ1v) is 7.26. The van der Waals surface area contributed by atoms with E-state index in [1.54, 1.807) is 6.08 Å². The maximum atomic E-state index is 12.2. The molecule has 0 aromatic heterocycles. The van der Waals surface area contributed by atoms with Crippen molar-refractivity contribution in [3.8, 4) is 11.1 Å². The molecule has 3 rings (SSSR count). The predicted molar refractivity (Wildman–Crippen MR) is 91.7 cm³/mol. The molecule has 1 heteroatoms. The van der Waals surface area contributed by atoms with Crippen molar-refractivity contribution in [2.24, 2.45) is 0 Å². The molecule has 0 N–H and O–H groups in total. The molecule has 0 heterocycles. The van der Waals surface area contributed by atoms with Gasteiger partial charge in [-0.05, 0) is 22.8 Å². The first-order chi connectivity index (χ1) is 10.8. The molecule has 0 aliphatic heterocycles. The van der Waals surface area contributed by atoms with Crippen LogP contribution in [0.5, 0.6) is 0 Å². The zero-order valence-electron chi connectivity index (χ0n) is 12.1. The van der Waals surface area contributed by atoms with Crippen LogP contribution in [0.15, 0.2) is 91.0 Å². The second-order valence-electron chi connectivity index (χ2n) is 5.02. The smallest absolute Gasteiger partial charge is 0.185 e. The van der Waals surface area contributed by atoms with Gasteiger partial charge < -0.3 is 0 Å². The maximum Gasteiger partial charge on any atom is 0.185 e. The predicted octanol–water partition coefficient (Wildman–Crippen LogP) is 5.25. The van der Waals surface area contributed by atoms with E-state index in [2.05, 4.69) is 18.2 Å². The molecule has 3 aromatic carbocycles. The normalized spacial score (nSPS) is 10.7. The van der Waals surface area contributed by atoms with Crippen LogP contribution >= 0.6 is 0 Å². The molecule has 0 saturated carbocycles. The van der Waals surface area contributed by atoms with Crippen molar-refractivity contribution >= 4 is 11.9 Å². The van der Waals surface area contributed by atoms with Crippen LogP contribution in [0.2, 0.25) is 0 Å². The van der Waals surface area contributed by atoms with Gasteiger partial charge in [-0.2, -0.15) is 0 Å².